The van der Waals surface area contributed by atoms with E-state index in [0.29, 0.717) is 0 Å². The average molecular weight is 275 g/mol. The smallest absolute Gasteiger partial charge is 0.207 e. The zero-order chi connectivity index (χ0) is 12.1. The monoisotopic (exact) mass is 274 g/mol. The highest BCUT2D eigenvalue weighted by Gasteiger charge is 2.21. The van der Waals surface area contributed by atoms with Crippen molar-refractivity contribution >= 4 is 41.2 Å². The molecule has 0 unspecified atom stereocenters. The number of rotatable bonds is 1. The van der Waals surface area contributed by atoms with E-state index in [9.17, 15) is 8.42 Å². The number of benzene rings is 1. The topological polar surface area (TPSA) is 34.1 Å². The Kier molecular flexibility index (Phi) is 2.77. The third kappa shape index (κ3) is 1.85. The summed E-state index contributed by atoms with van der Waals surface area (Å²) in [6.07, 6.45) is 0. The first-order valence-electron chi connectivity index (χ1n) is 4.75. The first-order chi connectivity index (χ1) is 7.30. The lowest BCUT2D eigenvalue weighted by molar-refractivity contribution is 0.610. The standard InChI is InChI=1S/C11H11ClO2S2/c1-6-4-7(2)10-9(5-6)11(8(3)15-10)16(12,13)14/h4-5H,1-3H3. The maximum absolute atomic E-state index is 11.5. The van der Waals surface area contributed by atoms with E-state index in [1.54, 1.807) is 6.92 Å². The summed E-state index contributed by atoms with van der Waals surface area (Å²) in [5.41, 5.74) is 2.14. The molecule has 16 heavy (non-hydrogen) atoms. The van der Waals surface area contributed by atoms with Gasteiger partial charge in [-0.15, -0.1) is 11.3 Å². The van der Waals surface area contributed by atoms with Gasteiger partial charge in [-0.05, 0) is 32.4 Å². The number of fused-ring (bicyclic) bond motifs is 1. The fourth-order valence-electron chi connectivity index (χ4n) is 1.95. The molecule has 0 spiro atoms. The van der Waals surface area contributed by atoms with Crippen LogP contribution in [0, 0.1) is 20.8 Å². The van der Waals surface area contributed by atoms with E-state index in [1.807, 2.05) is 26.0 Å². The van der Waals surface area contributed by atoms with Crippen molar-refractivity contribution in [2.45, 2.75) is 25.7 Å². The van der Waals surface area contributed by atoms with Crippen LogP contribution < -0.4 is 0 Å². The molecule has 0 fully saturated rings. The SMILES string of the molecule is Cc1cc(C)c2sc(C)c(S(=O)(=O)Cl)c2c1. The average Bonchev–Trinajstić information content (AvgIpc) is 2.40. The third-order valence-electron chi connectivity index (χ3n) is 2.48. The summed E-state index contributed by atoms with van der Waals surface area (Å²) >= 11 is 1.48. The first-order valence-corrected chi connectivity index (χ1v) is 7.88. The molecule has 1 heterocycles. The molecular formula is C11H11ClO2S2. The number of aryl methyl sites for hydroxylation is 3. The summed E-state index contributed by atoms with van der Waals surface area (Å²) in [4.78, 5) is 1.01. The molecule has 0 aliphatic rings. The summed E-state index contributed by atoms with van der Waals surface area (Å²) in [5.74, 6) is 0. The number of thiophene rings is 1. The summed E-state index contributed by atoms with van der Waals surface area (Å²) < 4.78 is 24.0. The molecule has 86 valence electrons. The quantitative estimate of drug-likeness (QED) is 0.742. The van der Waals surface area contributed by atoms with Crippen molar-refractivity contribution in [2.75, 3.05) is 0 Å². The van der Waals surface area contributed by atoms with Gasteiger partial charge in [-0.1, -0.05) is 11.6 Å². The van der Waals surface area contributed by atoms with E-state index in [1.165, 1.54) is 11.3 Å². The summed E-state index contributed by atoms with van der Waals surface area (Å²) in [5, 5.41) is 0.745. The van der Waals surface area contributed by atoms with Crippen LogP contribution in [0.4, 0.5) is 0 Å². The van der Waals surface area contributed by atoms with Crippen molar-refractivity contribution < 1.29 is 8.42 Å². The van der Waals surface area contributed by atoms with Gasteiger partial charge in [0.1, 0.15) is 4.90 Å². The summed E-state index contributed by atoms with van der Waals surface area (Å²) in [6.45, 7) is 5.72. The van der Waals surface area contributed by atoms with Gasteiger partial charge in [0.15, 0.2) is 0 Å². The Morgan fingerprint density at radius 2 is 1.81 bits per heavy atom. The van der Waals surface area contributed by atoms with Gasteiger partial charge in [0.2, 0.25) is 0 Å². The first kappa shape index (κ1) is 11.9. The Balaban J connectivity index is 3.01. The van der Waals surface area contributed by atoms with Gasteiger partial charge < -0.3 is 0 Å². The molecule has 1 aromatic heterocycles. The van der Waals surface area contributed by atoms with Crippen molar-refractivity contribution in [3.63, 3.8) is 0 Å². The van der Waals surface area contributed by atoms with Crippen molar-refractivity contribution in [3.8, 4) is 0 Å². The molecule has 0 saturated carbocycles. The van der Waals surface area contributed by atoms with Crippen LogP contribution in [-0.4, -0.2) is 8.42 Å². The number of hydrogen-bond acceptors (Lipinski definition) is 3. The zero-order valence-electron chi connectivity index (χ0n) is 9.17. The van der Waals surface area contributed by atoms with Crippen LogP contribution in [-0.2, 0) is 9.05 Å². The van der Waals surface area contributed by atoms with E-state index in [-0.39, 0.29) is 4.90 Å². The van der Waals surface area contributed by atoms with Gasteiger partial charge in [0, 0.05) is 25.6 Å². The Morgan fingerprint density at radius 1 is 1.19 bits per heavy atom. The molecule has 0 radical (unpaired) electrons. The van der Waals surface area contributed by atoms with Crippen LogP contribution in [0.3, 0.4) is 0 Å². The Hall–Kier alpha value is -0.580. The molecule has 1 aromatic carbocycles. The fourth-order valence-corrected chi connectivity index (χ4v) is 4.97. The molecule has 0 bridgehead atoms. The highest BCUT2D eigenvalue weighted by molar-refractivity contribution is 8.14. The second-order valence-corrected chi connectivity index (χ2v) is 7.61. The molecule has 2 aromatic rings. The molecular weight excluding hydrogens is 264 g/mol. The minimum Gasteiger partial charge on any atom is -0.207 e. The third-order valence-corrected chi connectivity index (χ3v) is 5.34. The van der Waals surface area contributed by atoms with Crippen LogP contribution in [0.25, 0.3) is 10.1 Å². The van der Waals surface area contributed by atoms with E-state index < -0.39 is 9.05 Å². The highest BCUT2D eigenvalue weighted by atomic mass is 35.7. The van der Waals surface area contributed by atoms with Gasteiger partial charge >= 0.3 is 0 Å². The highest BCUT2D eigenvalue weighted by Crippen LogP contribution is 2.38. The van der Waals surface area contributed by atoms with Crippen LogP contribution in [0.15, 0.2) is 17.0 Å². The van der Waals surface area contributed by atoms with Crippen LogP contribution in [0.1, 0.15) is 16.0 Å². The fraction of sp³-hybridized carbons (Fsp3) is 0.273. The molecule has 5 heteroatoms. The van der Waals surface area contributed by atoms with Crippen LogP contribution >= 0.6 is 22.0 Å². The van der Waals surface area contributed by atoms with Crippen molar-refractivity contribution in [2.24, 2.45) is 0 Å². The Bertz CT molecular complexity index is 669. The maximum Gasteiger partial charge on any atom is 0.263 e. The van der Waals surface area contributed by atoms with Gasteiger partial charge in [-0.25, -0.2) is 8.42 Å². The molecule has 0 atom stereocenters. The van der Waals surface area contributed by atoms with Gasteiger partial charge in [-0.2, -0.15) is 0 Å². The molecule has 0 aliphatic heterocycles. The minimum atomic E-state index is -3.67. The van der Waals surface area contributed by atoms with E-state index in [2.05, 4.69) is 0 Å². The lowest BCUT2D eigenvalue weighted by atomic mass is 10.1. The molecule has 2 nitrogen and oxygen atoms in total. The predicted molar refractivity (Wildman–Crippen MR) is 69.1 cm³/mol. The molecule has 0 N–H and O–H groups in total. The second kappa shape index (κ2) is 3.72. The Morgan fingerprint density at radius 3 is 2.38 bits per heavy atom. The Labute approximate surface area is 103 Å². The van der Waals surface area contributed by atoms with Crippen molar-refractivity contribution in [1.82, 2.24) is 0 Å². The van der Waals surface area contributed by atoms with Crippen LogP contribution in [0.5, 0.6) is 0 Å². The maximum atomic E-state index is 11.5. The second-order valence-electron chi connectivity index (χ2n) is 3.88. The molecule has 2 rings (SSSR count). The van der Waals surface area contributed by atoms with Crippen molar-refractivity contribution in [1.29, 1.82) is 0 Å². The minimum absolute atomic E-state index is 0.265. The number of halogens is 1. The zero-order valence-corrected chi connectivity index (χ0v) is 11.6. The normalized spacial score (nSPS) is 12.2. The summed E-state index contributed by atoms with van der Waals surface area (Å²) in [6, 6.07) is 3.92. The van der Waals surface area contributed by atoms with Gasteiger partial charge in [-0.3, -0.25) is 0 Å². The van der Waals surface area contributed by atoms with Gasteiger partial charge in [0.05, 0.1) is 0 Å². The molecule has 0 amide bonds. The largest absolute Gasteiger partial charge is 0.263 e. The molecule has 0 aliphatic carbocycles. The van der Waals surface area contributed by atoms with E-state index in [4.69, 9.17) is 10.7 Å². The van der Waals surface area contributed by atoms with Crippen LogP contribution in [0.2, 0.25) is 0 Å². The van der Waals surface area contributed by atoms with Gasteiger partial charge in [0.25, 0.3) is 9.05 Å². The lowest BCUT2D eigenvalue weighted by Gasteiger charge is -2.00. The number of hydrogen-bond donors (Lipinski definition) is 0. The molecule has 0 saturated heterocycles. The summed E-state index contributed by atoms with van der Waals surface area (Å²) in [7, 11) is 1.80. The van der Waals surface area contributed by atoms with E-state index >= 15 is 0 Å². The lowest BCUT2D eigenvalue weighted by Crippen LogP contribution is -1.91. The van der Waals surface area contributed by atoms with E-state index in [0.717, 1.165) is 26.1 Å². The predicted octanol–water partition coefficient (Wildman–Crippen LogP) is 3.75. The van der Waals surface area contributed by atoms with Crippen molar-refractivity contribution in [3.05, 3.63) is 28.1 Å².